The van der Waals surface area contributed by atoms with Gasteiger partial charge in [0, 0.05) is 23.8 Å². The zero-order chi connectivity index (χ0) is 11.4. The number of carbonyl (C=O) groups is 1. The number of carbonyl (C=O) groups excluding carboxylic acids is 1. The van der Waals surface area contributed by atoms with Crippen molar-refractivity contribution in [3.63, 3.8) is 0 Å². The average Bonchev–Trinajstić information content (AvgIpc) is 2.76. The third-order valence-electron chi connectivity index (χ3n) is 2.17. The van der Waals surface area contributed by atoms with E-state index < -0.39 is 0 Å². The number of hydrogen-bond acceptors (Lipinski definition) is 3. The van der Waals surface area contributed by atoms with Gasteiger partial charge in [-0.15, -0.1) is 11.3 Å². The van der Waals surface area contributed by atoms with Crippen molar-refractivity contribution in [2.45, 2.75) is 12.8 Å². The van der Waals surface area contributed by atoms with E-state index in [1.165, 1.54) is 23.5 Å². The fourth-order valence-electron chi connectivity index (χ4n) is 1.36. The van der Waals surface area contributed by atoms with Gasteiger partial charge in [-0.3, -0.25) is 0 Å². The van der Waals surface area contributed by atoms with Gasteiger partial charge in [0.1, 0.15) is 12.1 Å². The van der Waals surface area contributed by atoms with Crippen LogP contribution in [0.4, 0.5) is 4.39 Å². The summed E-state index contributed by atoms with van der Waals surface area (Å²) in [6, 6.07) is 6.24. The standard InChI is InChI=1S/C12H10FNOS/c13-10-5-3-9(4-6-10)11-8-16-12(14-11)2-1-7-15/h3-8H,1-2H2. The van der Waals surface area contributed by atoms with Gasteiger partial charge in [0.2, 0.25) is 0 Å². The predicted molar refractivity (Wildman–Crippen MR) is 61.9 cm³/mol. The predicted octanol–water partition coefficient (Wildman–Crippen LogP) is 3.08. The lowest BCUT2D eigenvalue weighted by molar-refractivity contribution is -0.107. The van der Waals surface area contributed by atoms with Crippen molar-refractivity contribution in [3.05, 3.63) is 40.5 Å². The van der Waals surface area contributed by atoms with Crippen LogP contribution in [-0.4, -0.2) is 11.3 Å². The summed E-state index contributed by atoms with van der Waals surface area (Å²) in [5.74, 6) is -0.250. The van der Waals surface area contributed by atoms with Gasteiger partial charge in [-0.25, -0.2) is 9.37 Å². The van der Waals surface area contributed by atoms with E-state index in [9.17, 15) is 9.18 Å². The molecule has 0 saturated heterocycles. The minimum absolute atomic E-state index is 0.250. The summed E-state index contributed by atoms with van der Waals surface area (Å²) >= 11 is 1.52. The Morgan fingerprint density at radius 1 is 1.31 bits per heavy atom. The lowest BCUT2D eigenvalue weighted by atomic mass is 10.2. The van der Waals surface area contributed by atoms with Crippen LogP contribution in [0.2, 0.25) is 0 Å². The highest BCUT2D eigenvalue weighted by Crippen LogP contribution is 2.22. The Hall–Kier alpha value is -1.55. The molecule has 0 aliphatic rings. The van der Waals surface area contributed by atoms with E-state index in [2.05, 4.69) is 4.98 Å². The summed E-state index contributed by atoms with van der Waals surface area (Å²) in [7, 11) is 0. The van der Waals surface area contributed by atoms with Crippen LogP contribution in [0.25, 0.3) is 11.3 Å². The van der Waals surface area contributed by atoms with Crippen LogP contribution in [0.3, 0.4) is 0 Å². The molecule has 0 unspecified atom stereocenters. The molecule has 16 heavy (non-hydrogen) atoms. The highest BCUT2D eigenvalue weighted by atomic mass is 32.1. The Morgan fingerprint density at radius 3 is 2.75 bits per heavy atom. The first-order valence-corrected chi connectivity index (χ1v) is 5.81. The van der Waals surface area contributed by atoms with E-state index in [-0.39, 0.29) is 5.82 Å². The van der Waals surface area contributed by atoms with E-state index in [0.29, 0.717) is 12.8 Å². The first kappa shape index (κ1) is 11.0. The van der Waals surface area contributed by atoms with Crippen LogP contribution in [0.15, 0.2) is 29.6 Å². The summed E-state index contributed by atoms with van der Waals surface area (Å²) in [6.45, 7) is 0. The number of thiazole rings is 1. The number of halogens is 1. The minimum atomic E-state index is -0.250. The SMILES string of the molecule is O=CCCc1nc(-c2ccc(F)cc2)cs1. The van der Waals surface area contributed by atoms with Crippen LogP contribution < -0.4 is 0 Å². The molecule has 4 heteroatoms. The quantitative estimate of drug-likeness (QED) is 0.762. The van der Waals surface area contributed by atoms with Gasteiger partial charge < -0.3 is 4.79 Å². The summed E-state index contributed by atoms with van der Waals surface area (Å²) in [6.07, 6.45) is 2.06. The molecule has 0 saturated carbocycles. The number of aromatic nitrogens is 1. The highest BCUT2D eigenvalue weighted by molar-refractivity contribution is 7.09. The molecule has 2 nitrogen and oxygen atoms in total. The van der Waals surface area contributed by atoms with Crippen molar-refractivity contribution in [2.75, 3.05) is 0 Å². The van der Waals surface area contributed by atoms with Crippen molar-refractivity contribution in [1.29, 1.82) is 0 Å². The van der Waals surface area contributed by atoms with Crippen LogP contribution in [-0.2, 0) is 11.2 Å². The Labute approximate surface area is 96.8 Å². The number of benzene rings is 1. The molecule has 1 aromatic heterocycles. The average molecular weight is 235 g/mol. The van der Waals surface area contributed by atoms with Crippen LogP contribution in [0.1, 0.15) is 11.4 Å². The van der Waals surface area contributed by atoms with E-state index in [0.717, 1.165) is 22.6 Å². The van der Waals surface area contributed by atoms with Crippen molar-refractivity contribution in [2.24, 2.45) is 0 Å². The molecule has 1 aromatic carbocycles. The van der Waals surface area contributed by atoms with Gasteiger partial charge in [0.15, 0.2) is 0 Å². The van der Waals surface area contributed by atoms with Gasteiger partial charge in [0.05, 0.1) is 10.7 Å². The van der Waals surface area contributed by atoms with Gasteiger partial charge in [0.25, 0.3) is 0 Å². The zero-order valence-corrected chi connectivity index (χ0v) is 9.34. The first-order valence-electron chi connectivity index (χ1n) is 4.93. The summed E-state index contributed by atoms with van der Waals surface area (Å²) in [5.41, 5.74) is 1.74. The number of aldehydes is 1. The molecule has 0 amide bonds. The highest BCUT2D eigenvalue weighted by Gasteiger charge is 2.04. The third-order valence-corrected chi connectivity index (χ3v) is 3.08. The second kappa shape index (κ2) is 4.99. The molecule has 0 aliphatic heterocycles. The van der Waals surface area contributed by atoms with Crippen molar-refractivity contribution >= 4 is 17.6 Å². The van der Waals surface area contributed by atoms with E-state index in [1.807, 2.05) is 5.38 Å². The molecular formula is C12H10FNOS. The molecule has 82 valence electrons. The summed E-state index contributed by atoms with van der Waals surface area (Å²) in [5, 5.41) is 2.86. The summed E-state index contributed by atoms with van der Waals surface area (Å²) < 4.78 is 12.7. The van der Waals surface area contributed by atoms with Crippen LogP contribution >= 0.6 is 11.3 Å². The third kappa shape index (κ3) is 2.52. The molecule has 2 aromatic rings. The Kier molecular flexibility index (Phi) is 3.41. The van der Waals surface area contributed by atoms with Crippen LogP contribution in [0.5, 0.6) is 0 Å². The van der Waals surface area contributed by atoms with Gasteiger partial charge in [-0.2, -0.15) is 0 Å². The molecule has 2 rings (SSSR count). The maximum absolute atomic E-state index is 12.7. The zero-order valence-electron chi connectivity index (χ0n) is 8.52. The maximum Gasteiger partial charge on any atom is 0.123 e. The van der Waals surface area contributed by atoms with Crippen LogP contribution in [0, 0.1) is 5.82 Å². The molecule has 0 spiro atoms. The lowest BCUT2D eigenvalue weighted by Gasteiger charge is -1.95. The topological polar surface area (TPSA) is 30.0 Å². The van der Waals surface area contributed by atoms with Gasteiger partial charge >= 0.3 is 0 Å². The fraction of sp³-hybridized carbons (Fsp3) is 0.167. The Bertz CT molecular complexity index is 478. The molecule has 0 aliphatic carbocycles. The van der Waals surface area contributed by atoms with Gasteiger partial charge in [-0.05, 0) is 24.3 Å². The number of aryl methyl sites for hydroxylation is 1. The molecule has 1 heterocycles. The van der Waals surface area contributed by atoms with E-state index in [4.69, 9.17) is 0 Å². The normalized spacial score (nSPS) is 10.3. The van der Waals surface area contributed by atoms with Crippen molar-refractivity contribution < 1.29 is 9.18 Å². The van der Waals surface area contributed by atoms with Crippen molar-refractivity contribution in [1.82, 2.24) is 4.98 Å². The largest absolute Gasteiger partial charge is 0.303 e. The lowest BCUT2D eigenvalue weighted by Crippen LogP contribution is -1.85. The monoisotopic (exact) mass is 235 g/mol. The molecule has 0 bridgehead atoms. The van der Waals surface area contributed by atoms with E-state index in [1.54, 1.807) is 12.1 Å². The number of hydrogen-bond donors (Lipinski definition) is 0. The van der Waals surface area contributed by atoms with Gasteiger partial charge in [-0.1, -0.05) is 0 Å². The Balaban J connectivity index is 2.17. The second-order valence-electron chi connectivity index (χ2n) is 3.34. The van der Waals surface area contributed by atoms with Crippen molar-refractivity contribution in [3.8, 4) is 11.3 Å². The first-order chi connectivity index (χ1) is 7.79. The maximum atomic E-state index is 12.7. The molecule has 0 atom stereocenters. The molecule has 0 N–H and O–H groups in total. The minimum Gasteiger partial charge on any atom is -0.303 e. The molecular weight excluding hydrogens is 225 g/mol. The molecule has 0 fully saturated rings. The number of rotatable bonds is 4. The summed E-state index contributed by atoms with van der Waals surface area (Å²) in [4.78, 5) is 14.6. The fourth-order valence-corrected chi connectivity index (χ4v) is 2.18. The second-order valence-corrected chi connectivity index (χ2v) is 4.28. The smallest absolute Gasteiger partial charge is 0.123 e. The Morgan fingerprint density at radius 2 is 2.06 bits per heavy atom. The number of nitrogens with zero attached hydrogens (tertiary/aromatic N) is 1. The van der Waals surface area contributed by atoms with E-state index >= 15 is 0 Å². The molecule has 0 radical (unpaired) electrons.